The van der Waals surface area contributed by atoms with Gasteiger partial charge >= 0.3 is 0 Å². The second kappa shape index (κ2) is 8.30. The fraction of sp³-hybridized carbons (Fsp3) is 0.611. The molecule has 1 fully saturated rings. The van der Waals surface area contributed by atoms with Crippen molar-refractivity contribution in [3.05, 3.63) is 35.4 Å². The Morgan fingerprint density at radius 1 is 1.27 bits per heavy atom. The fourth-order valence-corrected chi connectivity index (χ4v) is 3.10. The number of carbonyl (C=O) groups is 1. The second-order valence-electron chi connectivity index (χ2n) is 6.43. The number of piperazine rings is 1. The van der Waals surface area contributed by atoms with E-state index in [1.54, 1.807) is 0 Å². The molecule has 2 N–H and O–H groups in total. The van der Waals surface area contributed by atoms with E-state index in [0.717, 1.165) is 32.7 Å². The van der Waals surface area contributed by atoms with Crippen LogP contribution in [0.3, 0.4) is 0 Å². The number of hydrogen-bond acceptors (Lipinski definition) is 3. The third-order valence-electron chi connectivity index (χ3n) is 4.46. The van der Waals surface area contributed by atoms with E-state index in [1.165, 1.54) is 24.0 Å². The molecule has 1 aliphatic heterocycles. The Labute approximate surface area is 134 Å². The molecule has 1 unspecified atom stereocenters. The maximum Gasteiger partial charge on any atom is 0.219 e. The summed E-state index contributed by atoms with van der Waals surface area (Å²) >= 11 is 0. The molecule has 2 rings (SSSR count). The van der Waals surface area contributed by atoms with Crippen molar-refractivity contribution in [2.75, 3.05) is 26.2 Å². The van der Waals surface area contributed by atoms with Gasteiger partial charge in [-0.3, -0.25) is 9.69 Å². The molecule has 1 aliphatic rings. The summed E-state index contributed by atoms with van der Waals surface area (Å²) in [5.41, 5.74) is 8.05. The third-order valence-corrected chi connectivity index (χ3v) is 4.46. The molecule has 4 nitrogen and oxygen atoms in total. The Morgan fingerprint density at radius 3 is 2.64 bits per heavy atom. The summed E-state index contributed by atoms with van der Waals surface area (Å²) in [6, 6.07) is 8.90. The number of unbranched alkanes of at least 4 members (excludes halogenated alkanes) is 1. The van der Waals surface area contributed by atoms with E-state index in [-0.39, 0.29) is 11.9 Å². The average molecular weight is 303 g/mol. The number of primary amides is 1. The molecule has 1 heterocycles. The summed E-state index contributed by atoms with van der Waals surface area (Å²) in [6.07, 6.45) is 2.89. The van der Waals surface area contributed by atoms with Crippen molar-refractivity contribution >= 4 is 5.91 Å². The first-order valence-electron chi connectivity index (χ1n) is 8.38. The normalized spacial score (nSPS) is 20.2. The number of aryl methyl sites for hydroxylation is 1. The molecule has 0 bridgehead atoms. The highest BCUT2D eigenvalue weighted by Crippen LogP contribution is 2.17. The van der Waals surface area contributed by atoms with Gasteiger partial charge in [-0.1, -0.05) is 43.2 Å². The molecule has 0 saturated carbocycles. The van der Waals surface area contributed by atoms with Crippen molar-refractivity contribution in [2.24, 2.45) is 5.73 Å². The van der Waals surface area contributed by atoms with Crippen LogP contribution in [0, 0.1) is 6.92 Å². The lowest BCUT2D eigenvalue weighted by molar-refractivity contribution is -0.120. The Hall–Kier alpha value is -1.39. The number of nitrogens with zero attached hydrogens (tertiary/aromatic N) is 2. The summed E-state index contributed by atoms with van der Waals surface area (Å²) in [4.78, 5) is 16.3. The highest BCUT2D eigenvalue weighted by molar-refractivity contribution is 5.74. The van der Waals surface area contributed by atoms with Gasteiger partial charge in [0.1, 0.15) is 0 Å². The van der Waals surface area contributed by atoms with Crippen molar-refractivity contribution in [3.63, 3.8) is 0 Å². The minimum Gasteiger partial charge on any atom is -0.370 e. The summed E-state index contributed by atoms with van der Waals surface area (Å²) in [5, 5.41) is 0. The predicted octanol–water partition coefficient (Wildman–Crippen LogP) is 2.16. The first-order valence-corrected chi connectivity index (χ1v) is 8.38. The molecule has 1 aromatic rings. The van der Waals surface area contributed by atoms with Crippen LogP contribution in [-0.4, -0.2) is 47.9 Å². The van der Waals surface area contributed by atoms with Gasteiger partial charge in [-0.15, -0.1) is 0 Å². The summed E-state index contributed by atoms with van der Waals surface area (Å²) in [5.74, 6) is -0.198. The standard InChI is InChI=1S/C18H29N3O/c1-3-4-9-20-10-11-21(17(14-20)12-18(19)22)13-16-7-5-15(2)6-8-16/h5-8,17H,3-4,9-14H2,1-2H3,(H2,19,22). The lowest BCUT2D eigenvalue weighted by atomic mass is 10.1. The largest absolute Gasteiger partial charge is 0.370 e. The van der Waals surface area contributed by atoms with Crippen molar-refractivity contribution in [3.8, 4) is 0 Å². The maximum absolute atomic E-state index is 11.4. The molecular formula is C18H29N3O. The number of rotatable bonds is 7. The molecule has 1 amide bonds. The average Bonchev–Trinajstić information content (AvgIpc) is 2.49. The van der Waals surface area contributed by atoms with E-state index < -0.39 is 0 Å². The molecule has 1 aromatic carbocycles. The van der Waals surface area contributed by atoms with E-state index in [4.69, 9.17) is 5.73 Å². The molecule has 0 spiro atoms. The molecule has 4 heteroatoms. The second-order valence-corrected chi connectivity index (χ2v) is 6.43. The minimum absolute atomic E-state index is 0.198. The lowest BCUT2D eigenvalue weighted by Gasteiger charge is -2.41. The SMILES string of the molecule is CCCCN1CCN(Cc2ccc(C)cc2)C(CC(N)=O)C1. The first kappa shape index (κ1) is 17.0. The highest BCUT2D eigenvalue weighted by Gasteiger charge is 2.27. The molecular weight excluding hydrogens is 274 g/mol. The van der Waals surface area contributed by atoms with E-state index >= 15 is 0 Å². The van der Waals surface area contributed by atoms with E-state index in [9.17, 15) is 4.79 Å². The number of amides is 1. The Kier molecular flexibility index (Phi) is 6.40. The van der Waals surface area contributed by atoms with E-state index in [2.05, 4.69) is 47.9 Å². The number of carbonyl (C=O) groups excluding carboxylic acids is 1. The zero-order valence-corrected chi connectivity index (χ0v) is 13.9. The van der Waals surface area contributed by atoms with Crippen LogP contribution >= 0.6 is 0 Å². The van der Waals surface area contributed by atoms with Crippen molar-refractivity contribution in [1.29, 1.82) is 0 Å². The number of nitrogens with two attached hydrogens (primary N) is 1. The minimum atomic E-state index is -0.198. The van der Waals surface area contributed by atoms with Crippen LogP contribution in [0.25, 0.3) is 0 Å². The number of benzene rings is 1. The summed E-state index contributed by atoms with van der Waals surface area (Å²) < 4.78 is 0. The maximum atomic E-state index is 11.4. The predicted molar refractivity (Wildman–Crippen MR) is 90.5 cm³/mol. The van der Waals surface area contributed by atoms with Gasteiger partial charge < -0.3 is 10.6 Å². The molecule has 0 aromatic heterocycles. The van der Waals surface area contributed by atoms with Crippen LogP contribution in [0.2, 0.25) is 0 Å². The Morgan fingerprint density at radius 2 is 2.00 bits per heavy atom. The molecule has 0 aliphatic carbocycles. The van der Waals surface area contributed by atoms with E-state index in [1.807, 2.05) is 0 Å². The van der Waals surface area contributed by atoms with Crippen LogP contribution in [0.5, 0.6) is 0 Å². The van der Waals surface area contributed by atoms with Gasteiger partial charge in [0, 0.05) is 38.6 Å². The van der Waals surface area contributed by atoms with Crippen molar-refractivity contribution in [1.82, 2.24) is 9.80 Å². The molecule has 22 heavy (non-hydrogen) atoms. The molecule has 1 atom stereocenters. The van der Waals surface area contributed by atoms with Gasteiger partial charge in [0.15, 0.2) is 0 Å². The van der Waals surface area contributed by atoms with Gasteiger partial charge in [0.05, 0.1) is 0 Å². The van der Waals surface area contributed by atoms with E-state index in [0.29, 0.717) is 6.42 Å². The van der Waals surface area contributed by atoms with Gasteiger partial charge in [0.25, 0.3) is 0 Å². The monoisotopic (exact) mass is 303 g/mol. The molecule has 1 saturated heterocycles. The molecule has 0 radical (unpaired) electrons. The van der Waals surface area contributed by atoms with Crippen molar-refractivity contribution in [2.45, 2.75) is 45.7 Å². The zero-order chi connectivity index (χ0) is 15.9. The van der Waals surface area contributed by atoms with Crippen LogP contribution in [0.4, 0.5) is 0 Å². The zero-order valence-electron chi connectivity index (χ0n) is 13.9. The van der Waals surface area contributed by atoms with Crippen LogP contribution < -0.4 is 5.73 Å². The molecule has 122 valence electrons. The third kappa shape index (κ3) is 5.11. The van der Waals surface area contributed by atoms with Crippen LogP contribution in [0.1, 0.15) is 37.3 Å². The fourth-order valence-electron chi connectivity index (χ4n) is 3.10. The summed E-state index contributed by atoms with van der Waals surface area (Å²) in [7, 11) is 0. The van der Waals surface area contributed by atoms with Crippen LogP contribution in [-0.2, 0) is 11.3 Å². The Bertz CT molecular complexity index is 472. The summed E-state index contributed by atoms with van der Waals surface area (Å²) in [6.45, 7) is 9.40. The number of hydrogen-bond donors (Lipinski definition) is 1. The van der Waals surface area contributed by atoms with Crippen molar-refractivity contribution < 1.29 is 4.79 Å². The quantitative estimate of drug-likeness (QED) is 0.840. The lowest BCUT2D eigenvalue weighted by Crippen LogP contribution is -2.53. The smallest absolute Gasteiger partial charge is 0.219 e. The van der Waals surface area contributed by atoms with Gasteiger partial charge in [-0.25, -0.2) is 0 Å². The van der Waals surface area contributed by atoms with Gasteiger partial charge in [-0.05, 0) is 25.5 Å². The van der Waals surface area contributed by atoms with Crippen LogP contribution in [0.15, 0.2) is 24.3 Å². The van der Waals surface area contributed by atoms with Gasteiger partial charge in [-0.2, -0.15) is 0 Å². The topological polar surface area (TPSA) is 49.6 Å². The first-order chi connectivity index (χ1) is 10.6. The van der Waals surface area contributed by atoms with Gasteiger partial charge in [0.2, 0.25) is 5.91 Å². The Balaban J connectivity index is 1.98. The highest BCUT2D eigenvalue weighted by atomic mass is 16.1.